The summed E-state index contributed by atoms with van der Waals surface area (Å²) in [6, 6.07) is 6.05. The zero-order valence-electron chi connectivity index (χ0n) is 19.5. The summed E-state index contributed by atoms with van der Waals surface area (Å²) < 4.78 is 1.62. The monoisotopic (exact) mass is 460 g/mol. The van der Waals surface area contributed by atoms with E-state index in [4.69, 9.17) is 11.0 Å². The Morgan fingerprint density at radius 1 is 1.18 bits per heavy atom. The van der Waals surface area contributed by atoms with Crippen molar-refractivity contribution < 1.29 is 9.59 Å². The van der Waals surface area contributed by atoms with Gasteiger partial charge in [-0.3, -0.25) is 14.6 Å². The molecule has 0 spiro atoms. The van der Waals surface area contributed by atoms with Crippen LogP contribution in [0.5, 0.6) is 0 Å². The number of imidazole rings is 1. The van der Waals surface area contributed by atoms with E-state index in [0.29, 0.717) is 28.2 Å². The largest absolute Gasteiger partial charge is 0.365 e. The van der Waals surface area contributed by atoms with Crippen LogP contribution in [0, 0.1) is 11.3 Å². The van der Waals surface area contributed by atoms with Crippen LogP contribution < -0.4 is 16.0 Å². The van der Waals surface area contributed by atoms with E-state index in [0.717, 1.165) is 31.4 Å². The van der Waals surface area contributed by atoms with E-state index in [1.54, 1.807) is 23.7 Å². The average Bonchev–Trinajstić information content (AvgIpc) is 3.22. The molecule has 3 aromatic rings. The minimum Gasteiger partial charge on any atom is -0.365 e. The normalized spacial score (nSPS) is 18.0. The fourth-order valence-corrected chi connectivity index (χ4v) is 4.78. The number of hydrogen-bond acceptors (Lipinski definition) is 7. The van der Waals surface area contributed by atoms with Crippen molar-refractivity contribution in [3.8, 4) is 17.5 Å². The number of nitrogens with zero attached hydrogens (tertiary/aromatic N) is 6. The molecule has 3 aromatic heterocycles. The summed E-state index contributed by atoms with van der Waals surface area (Å²) in [7, 11) is 0. The van der Waals surface area contributed by atoms with Crippen molar-refractivity contribution in [2.24, 2.45) is 5.73 Å². The summed E-state index contributed by atoms with van der Waals surface area (Å²) in [4.78, 5) is 34.9. The van der Waals surface area contributed by atoms with Crippen molar-refractivity contribution in [3.05, 3.63) is 41.9 Å². The first-order valence-electron chi connectivity index (χ1n) is 11.4. The fourth-order valence-electron chi connectivity index (χ4n) is 4.78. The lowest BCUT2D eigenvalue weighted by atomic mass is 9.88. The second kappa shape index (κ2) is 9.47. The quantitative estimate of drug-likeness (QED) is 0.575. The Morgan fingerprint density at radius 2 is 1.91 bits per heavy atom. The van der Waals surface area contributed by atoms with E-state index in [2.05, 4.69) is 45.2 Å². The van der Waals surface area contributed by atoms with E-state index in [1.807, 2.05) is 6.07 Å². The number of primary amides is 1. The number of nitriles is 1. The number of aromatic nitrogens is 4. The summed E-state index contributed by atoms with van der Waals surface area (Å²) >= 11 is 0. The van der Waals surface area contributed by atoms with Gasteiger partial charge in [-0.2, -0.15) is 10.4 Å². The van der Waals surface area contributed by atoms with Gasteiger partial charge in [-0.05, 0) is 45.6 Å². The van der Waals surface area contributed by atoms with Gasteiger partial charge in [-0.25, -0.2) is 9.50 Å². The van der Waals surface area contributed by atoms with E-state index >= 15 is 0 Å². The smallest absolute Gasteiger partial charge is 0.252 e. The molecular weight excluding hydrogens is 432 g/mol. The molecule has 2 amide bonds. The van der Waals surface area contributed by atoms with Gasteiger partial charge in [0.2, 0.25) is 5.91 Å². The minimum atomic E-state index is -0.540. The van der Waals surface area contributed by atoms with Gasteiger partial charge in [0.25, 0.3) is 5.91 Å². The molecule has 10 nitrogen and oxygen atoms in total. The molecular formula is C24H28N8O2. The highest BCUT2D eigenvalue weighted by atomic mass is 16.1. The molecule has 1 aliphatic carbocycles. The maximum atomic E-state index is 12.3. The number of carbonyl (C=O) groups excluding carboxylic acids is 2. The Hall–Kier alpha value is -4.00. The number of pyridine rings is 1. The average molecular weight is 461 g/mol. The zero-order chi connectivity index (χ0) is 24.4. The van der Waals surface area contributed by atoms with Crippen LogP contribution in [0.25, 0.3) is 17.0 Å². The van der Waals surface area contributed by atoms with Crippen LogP contribution in [0.4, 0.5) is 5.69 Å². The maximum Gasteiger partial charge on any atom is 0.252 e. The molecule has 1 saturated carbocycles. The second-order valence-corrected chi connectivity index (χ2v) is 8.93. The molecule has 0 bridgehead atoms. The predicted molar refractivity (Wildman–Crippen MR) is 127 cm³/mol. The first kappa shape index (κ1) is 23.2. The van der Waals surface area contributed by atoms with Gasteiger partial charge in [-0.15, -0.1) is 0 Å². The first-order chi connectivity index (χ1) is 16.3. The summed E-state index contributed by atoms with van der Waals surface area (Å²) in [5.41, 5.74) is 9.02. The van der Waals surface area contributed by atoms with Crippen LogP contribution in [0.1, 0.15) is 62.4 Å². The van der Waals surface area contributed by atoms with Gasteiger partial charge in [0.1, 0.15) is 11.8 Å². The van der Waals surface area contributed by atoms with E-state index in [1.165, 1.54) is 12.4 Å². The third-order valence-electron chi connectivity index (χ3n) is 6.23. The van der Waals surface area contributed by atoms with Crippen molar-refractivity contribution in [2.45, 2.75) is 64.6 Å². The standard InChI is InChI=1S/C24H28N8O2/c1-14(2)31(18-6-4-17(5-7-18)30-15(3)33)21-9-20(27-12-19(21)24(26)34)22-13-28-23-8-16(10-25)11-29-32(22)23/h8-9,11-14,17-18H,4-7H2,1-3H3,(H2,26,34)(H,30,33). The van der Waals surface area contributed by atoms with Gasteiger partial charge >= 0.3 is 0 Å². The molecule has 0 aliphatic heterocycles. The molecule has 176 valence electrons. The highest BCUT2D eigenvalue weighted by molar-refractivity contribution is 5.99. The lowest BCUT2D eigenvalue weighted by molar-refractivity contribution is -0.119. The first-order valence-corrected chi connectivity index (χ1v) is 11.4. The van der Waals surface area contributed by atoms with Crippen LogP contribution in [0.3, 0.4) is 0 Å². The van der Waals surface area contributed by atoms with Crippen molar-refractivity contribution in [3.63, 3.8) is 0 Å². The summed E-state index contributed by atoms with van der Waals surface area (Å²) in [5, 5.41) is 16.5. The molecule has 3 heterocycles. The summed E-state index contributed by atoms with van der Waals surface area (Å²) in [6.07, 6.45) is 8.14. The Morgan fingerprint density at radius 3 is 2.53 bits per heavy atom. The lowest BCUT2D eigenvalue weighted by Gasteiger charge is -2.41. The molecule has 0 atom stereocenters. The Kier molecular flexibility index (Phi) is 6.45. The highest BCUT2D eigenvalue weighted by Crippen LogP contribution is 2.34. The van der Waals surface area contributed by atoms with Gasteiger partial charge in [0.05, 0.1) is 34.9 Å². The molecule has 0 aromatic carbocycles. The summed E-state index contributed by atoms with van der Waals surface area (Å²) in [6.45, 7) is 5.72. The lowest BCUT2D eigenvalue weighted by Crippen LogP contribution is -2.47. The van der Waals surface area contributed by atoms with Gasteiger partial charge in [0.15, 0.2) is 5.65 Å². The molecule has 0 saturated heterocycles. The number of hydrogen-bond donors (Lipinski definition) is 2. The zero-order valence-corrected chi connectivity index (χ0v) is 19.5. The Bertz CT molecular complexity index is 1270. The van der Waals surface area contributed by atoms with Crippen molar-refractivity contribution >= 4 is 23.1 Å². The van der Waals surface area contributed by atoms with Crippen LogP contribution >= 0.6 is 0 Å². The molecule has 4 rings (SSSR count). The highest BCUT2D eigenvalue weighted by Gasteiger charge is 2.30. The topological polar surface area (TPSA) is 142 Å². The number of amides is 2. The Labute approximate surface area is 197 Å². The molecule has 10 heteroatoms. The van der Waals surface area contributed by atoms with Crippen molar-refractivity contribution in [1.82, 2.24) is 24.9 Å². The van der Waals surface area contributed by atoms with Gasteiger partial charge < -0.3 is 16.0 Å². The van der Waals surface area contributed by atoms with Crippen LogP contribution in [0.2, 0.25) is 0 Å². The van der Waals surface area contributed by atoms with Crippen LogP contribution in [-0.4, -0.2) is 49.5 Å². The number of fused-ring (bicyclic) bond motifs is 1. The fraction of sp³-hybridized carbons (Fsp3) is 0.417. The molecule has 0 radical (unpaired) electrons. The van der Waals surface area contributed by atoms with Gasteiger partial charge in [-0.1, -0.05) is 0 Å². The second-order valence-electron chi connectivity index (χ2n) is 8.93. The summed E-state index contributed by atoms with van der Waals surface area (Å²) in [5.74, 6) is -0.552. The number of anilines is 1. The third-order valence-corrected chi connectivity index (χ3v) is 6.23. The van der Waals surface area contributed by atoms with Crippen LogP contribution in [0.15, 0.2) is 30.7 Å². The van der Waals surface area contributed by atoms with Crippen molar-refractivity contribution in [1.29, 1.82) is 5.26 Å². The van der Waals surface area contributed by atoms with E-state index in [-0.39, 0.29) is 24.0 Å². The van der Waals surface area contributed by atoms with E-state index < -0.39 is 5.91 Å². The number of nitrogens with one attached hydrogen (secondary N) is 1. The SMILES string of the molecule is CC(=O)NC1CCC(N(c2cc(-c3cnc4cc(C#N)cnn34)ncc2C(N)=O)C(C)C)CC1. The van der Waals surface area contributed by atoms with Gasteiger partial charge in [0, 0.05) is 37.3 Å². The molecule has 3 N–H and O–H groups in total. The predicted octanol–water partition coefficient (Wildman–Crippen LogP) is 2.42. The minimum absolute atomic E-state index is 0.0116. The van der Waals surface area contributed by atoms with Crippen molar-refractivity contribution in [2.75, 3.05) is 4.90 Å². The molecule has 34 heavy (non-hydrogen) atoms. The van der Waals surface area contributed by atoms with E-state index in [9.17, 15) is 9.59 Å². The third kappa shape index (κ3) is 4.55. The number of nitrogens with two attached hydrogens (primary N) is 1. The number of carbonyl (C=O) groups is 2. The Balaban J connectivity index is 1.73. The molecule has 1 aliphatic rings. The molecule has 1 fully saturated rings. The maximum absolute atomic E-state index is 12.3. The number of rotatable bonds is 6. The molecule has 0 unspecified atom stereocenters. The van der Waals surface area contributed by atoms with Crippen LogP contribution in [-0.2, 0) is 4.79 Å².